The molecule has 7 heteroatoms. The minimum absolute atomic E-state index is 0.0676. The second kappa shape index (κ2) is 5.50. The lowest BCUT2D eigenvalue weighted by molar-refractivity contribution is 0.0698. The smallest absolute Gasteiger partial charge is 0.337 e. The molecule has 2 N–H and O–H groups in total. The van der Waals surface area contributed by atoms with Gasteiger partial charge in [0, 0.05) is 0 Å². The minimum Gasteiger partial charge on any atom is -0.478 e. The summed E-state index contributed by atoms with van der Waals surface area (Å²) in [5.74, 6) is -2.33. The second-order valence-electron chi connectivity index (χ2n) is 3.55. The summed E-state index contributed by atoms with van der Waals surface area (Å²) in [4.78, 5) is 23.2. The topological polar surface area (TPSA) is 66.4 Å². The average Bonchev–Trinajstić information content (AvgIpc) is 2.75. The third-order valence-electron chi connectivity index (χ3n) is 2.26. The van der Waals surface area contributed by atoms with E-state index in [4.69, 9.17) is 5.11 Å². The van der Waals surface area contributed by atoms with Crippen molar-refractivity contribution in [3.8, 4) is 0 Å². The van der Waals surface area contributed by atoms with Gasteiger partial charge in [-0.2, -0.15) is 0 Å². The fraction of sp³-hybridized carbons (Fsp3) is 0. The molecule has 0 atom stereocenters. The number of hydrogen-bond donors (Lipinski definition) is 2. The SMILES string of the molecule is O=C(Nc1cc(F)ccc1C(=O)O)c1ccc(Br)s1. The second-order valence-corrected chi connectivity index (χ2v) is 6.02. The Morgan fingerprint density at radius 1 is 1.26 bits per heavy atom. The van der Waals surface area contributed by atoms with Gasteiger partial charge in [-0.25, -0.2) is 9.18 Å². The van der Waals surface area contributed by atoms with E-state index in [-0.39, 0.29) is 11.3 Å². The summed E-state index contributed by atoms with van der Waals surface area (Å²) in [6.45, 7) is 0. The molecule has 19 heavy (non-hydrogen) atoms. The van der Waals surface area contributed by atoms with Crippen LogP contribution in [-0.2, 0) is 0 Å². The molecular formula is C12H7BrFNO3S. The van der Waals surface area contributed by atoms with Crippen molar-refractivity contribution in [3.05, 3.63) is 50.4 Å². The number of nitrogens with one attached hydrogen (secondary N) is 1. The van der Waals surface area contributed by atoms with E-state index in [1.807, 2.05) is 0 Å². The highest BCUT2D eigenvalue weighted by molar-refractivity contribution is 9.11. The van der Waals surface area contributed by atoms with Gasteiger partial charge in [0.1, 0.15) is 5.82 Å². The molecule has 1 aromatic heterocycles. The zero-order valence-corrected chi connectivity index (χ0v) is 11.7. The third kappa shape index (κ3) is 3.18. The van der Waals surface area contributed by atoms with E-state index in [1.165, 1.54) is 11.3 Å². The molecule has 98 valence electrons. The van der Waals surface area contributed by atoms with Gasteiger partial charge in [-0.15, -0.1) is 11.3 Å². The Morgan fingerprint density at radius 2 is 2.00 bits per heavy atom. The summed E-state index contributed by atoms with van der Waals surface area (Å²) >= 11 is 4.42. The Hall–Kier alpha value is -1.73. The first-order chi connectivity index (χ1) is 8.97. The highest BCUT2D eigenvalue weighted by Gasteiger charge is 2.15. The molecule has 0 spiro atoms. The van der Waals surface area contributed by atoms with Crippen molar-refractivity contribution < 1.29 is 19.1 Å². The Labute approximate surface area is 120 Å². The number of thiophene rings is 1. The lowest BCUT2D eigenvalue weighted by atomic mass is 10.1. The number of halogens is 2. The van der Waals surface area contributed by atoms with Gasteiger partial charge in [-0.1, -0.05) is 0 Å². The summed E-state index contributed by atoms with van der Waals surface area (Å²) in [5.41, 5.74) is -0.229. The summed E-state index contributed by atoms with van der Waals surface area (Å²) in [5, 5.41) is 11.4. The number of amides is 1. The number of hydrogen-bond acceptors (Lipinski definition) is 3. The van der Waals surface area contributed by atoms with E-state index in [2.05, 4.69) is 21.2 Å². The Kier molecular flexibility index (Phi) is 3.96. The van der Waals surface area contributed by atoms with Crippen LogP contribution in [0.1, 0.15) is 20.0 Å². The minimum atomic E-state index is -1.23. The van der Waals surface area contributed by atoms with Crippen LogP contribution in [0.5, 0.6) is 0 Å². The largest absolute Gasteiger partial charge is 0.478 e. The maximum Gasteiger partial charge on any atom is 0.337 e. The van der Waals surface area contributed by atoms with E-state index in [9.17, 15) is 14.0 Å². The van der Waals surface area contributed by atoms with Crippen LogP contribution in [0.4, 0.5) is 10.1 Å². The van der Waals surface area contributed by atoms with Crippen LogP contribution in [-0.4, -0.2) is 17.0 Å². The molecule has 0 unspecified atom stereocenters. The highest BCUT2D eigenvalue weighted by Crippen LogP contribution is 2.24. The number of benzene rings is 1. The van der Waals surface area contributed by atoms with Gasteiger partial charge in [0.2, 0.25) is 0 Å². The van der Waals surface area contributed by atoms with Crippen LogP contribution >= 0.6 is 27.3 Å². The van der Waals surface area contributed by atoms with Crippen LogP contribution in [0.3, 0.4) is 0 Å². The van der Waals surface area contributed by atoms with E-state index in [0.29, 0.717) is 4.88 Å². The van der Waals surface area contributed by atoms with Crippen molar-refractivity contribution in [2.75, 3.05) is 5.32 Å². The molecule has 1 heterocycles. The van der Waals surface area contributed by atoms with Gasteiger partial charge < -0.3 is 10.4 Å². The van der Waals surface area contributed by atoms with Crippen molar-refractivity contribution in [3.63, 3.8) is 0 Å². The van der Waals surface area contributed by atoms with E-state index < -0.39 is 17.7 Å². The predicted octanol–water partition coefficient (Wildman–Crippen LogP) is 3.60. The normalized spacial score (nSPS) is 10.2. The molecule has 0 saturated carbocycles. The molecule has 0 saturated heterocycles. The zero-order chi connectivity index (χ0) is 14.0. The number of carboxylic acids is 1. The number of carboxylic acid groups (broad SMARTS) is 1. The van der Waals surface area contributed by atoms with Crippen molar-refractivity contribution in [2.24, 2.45) is 0 Å². The molecule has 0 bridgehead atoms. The zero-order valence-electron chi connectivity index (χ0n) is 9.31. The number of anilines is 1. The number of carbonyl (C=O) groups excluding carboxylic acids is 1. The predicted molar refractivity (Wildman–Crippen MR) is 73.3 cm³/mol. The van der Waals surface area contributed by atoms with E-state index in [0.717, 1.165) is 22.0 Å². The van der Waals surface area contributed by atoms with Crippen LogP contribution in [0.2, 0.25) is 0 Å². The molecule has 0 aliphatic rings. The first-order valence-electron chi connectivity index (χ1n) is 5.07. The Balaban J connectivity index is 2.30. The lowest BCUT2D eigenvalue weighted by Gasteiger charge is -2.07. The number of carbonyl (C=O) groups is 2. The third-order valence-corrected chi connectivity index (χ3v) is 3.88. The monoisotopic (exact) mass is 343 g/mol. The summed E-state index contributed by atoms with van der Waals surface area (Å²) in [6, 6.07) is 6.40. The van der Waals surface area contributed by atoms with Gasteiger partial charge >= 0.3 is 5.97 Å². The summed E-state index contributed by atoms with van der Waals surface area (Å²) in [6.07, 6.45) is 0. The maximum absolute atomic E-state index is 13.1. The van der Waals surface area contributed by atoms with Gasteiger partial charge in [-0.3, -0.25) is 4.79 Å². The molecule has 2 rings (SSSR count). The van der Waals surface area contributed by atoms with Crippen LogP contribution in [0.15, 0.2) is 34.1 Å². The first-order valence-corrected chi connectivity index (χ1v) is 6.68. The quantitative estimate of drug-likeness (QED) is 0.894. The Morgan fingerprint density at radius 3 is 2.58 bits per heavy atom. The molecular weight excluding hydrogens is 337 g/mol. The van der Waals surface area contributed by atoms with Crippen molar-refractivity contribution in [1.29, 1.82) is 0 Å². The Bertz CT molecular complexity index is 656. The molecule has 4 nitrogen and oxygen atoms in total. The molecule has 0 radical (unpaired) electrons. The van der Waals surface area contributed by atoms with Crippen LogP contribution in [0, 0.1) is 5.82 Å². The molecule has 1 amide bonds. The standard InChI is InChI=1S/C12H7BrFNO3S/c13-10-4-3-9(19-10)11(16)15-8-5-6(14)1-2-7(8)12(17)18/h1-5H,(H,15,16)(H,17,18). The fourth-order valence-electron chi connectivity index (χ4n) is 1.43. The molecule has 0 aliphatic heterocycles. The van der Waals surface area contributed by atoms with Gasteiger partial charge in [0.05, 0.1) is 19.9 Å². The molecule has 0 aliphatic carbocycles. The summed E-state index contributed by atoms with van der Waals surface area (Å²) < 4.78 is 13.9. The van der Waals surface area contributed by atoms with Gasteiger partial charge in [0.15, 0.2) is 0 Å². The fourth-order valence-corrected chi connectivity index (χ4v) is 2.71. The van der Waals surface area contributed by atoms with Gasteiger partial charge in [0.25, 0.3) is 5.91 Å². The van der Waals surface area contributed by atoms with Crippen molar-refractivity contribution >= 4 is 44.8 Å². The molecule has 0 fully saturated rings. The van der Waals surface area contributed by atoms with E-state index in [1.54, 1.807) is 12.1 Å². The van der Waals surface area contributed by atoms with Crippen LogP contribution < -0.4 is 5.32 Å². The van der Waals surface area contributed by atoms with Crippen LogP contribution in [0.25, 0.3) is 0 Å². The van der Waals surface area contributed by atoms with Gasteiger partial charge in [-0.05, 0) is 46.3 Å². The number of rotatable bonds is 3. The number of aromatic carboxylic acids is 1. The molecule has 2 aromatic rings. The summed E-state index contributed by atoms with van der Waals surface area (Å²) in [7, 11) is 0. The maximum atomic E-state index is 13.1. The average molecular weight is 344 g/mol. The van der Waals surface area contributed by atoms with Crippen molar-refractivity contribution in [1.82, 2.24) is 0 Å². The van der Waals surface area contributed by atoms with Crippen molar-refractivity contribution in [2.45, 2.75) is 0 Å². The first kappa shape index (κ1) is 13.7. The highest BCUT2D eigenvalue weighted by atomic mass is 79.9. The molecule has 1 aromatic carbocycles. The van der Waals surface area contributed by atoms with E-state index >= 15 is 0 Å². The lowest BCUT2D eigenvalue weighted by Crippen LogP contribution is -2.13.